The van der Waals surface area contributed by atoms with E-state index in [1.54, 1.807) is 6.08 Å². The van der Waals surface area contributed by atoms with Crippen molar-refractivity contribution in [2.45, 2.75) is 6.92 Å². The minimum absolute atomic E-state index is 0. The smallest absolute Gasteiger partial charge is 0 e. The molecule has 1 radical (unpaired) electrons. The Kier molecular flexibility index (Phi) is 14.0. The molecule has 33 valence electrons. The van der Waals surface area contributed by atoms with Crippen LogP contribution in [0.2, 0.25) is 0 Å². The molecule has 0 N–H and O–H groups in total. The van der Waals surface area contributed by atoms with E-state index in [-0.39, 0.29) is 18.6 Å². The van der Waals surface area contributed by atoms with Crippen LogP contribution in [-0.2, 0) is 18.6 Å². The number of allylic oxidation sites excluding steroid dienone is 3. The first-order valence-electron chi connectivity index (χ1n) is 1.65. The van der Waals surface area contributed by atoms with Crippen LogP contribution < -0.4 is 0 Å². The summed E-state index contributed by atoms with van der Waals surface area (Å²) in [6.07, 6.45) is 5.58. The summed E-state index contributed by atoms with van der Waals surface area (Å²) in [5, 5.41) is 0. The zero-order valence-electron chi connectivity index (χ0n) is 3.89. The van der Waals surface area contributed by atoms with Gasteiger partial charge in [0.2, 0.25) is 0 Å². The third-order valence-electron chi connectivity index (χ3n) is 0.329. The second-order valence-electron chi connectivity index (χ2n) is 0.761. The van der Waals surface area contributed by atoms with Gasteiger partial charge in [0.15, 0.2) is 0 Å². The molecule has 0 aromatic heterocycles. The van der Waals surface area contributed by atoms with E-state index in [0.717, 1.165) is 0 Å². The first-order valence-corrected chi connectivity index (χ1v) is 1.65. The third-order valence-corrected chi connectivity index (χ3v) is 0.329. The number of hydrogen-bond donors (Lipinski definition) is 0. The van der Waals surface area contributed by atoms with Gasteiger partial charge in [-0.3, -0.25) is 0 Å². The zero-order chi connectivity index (χ0) is 4.12. The van der Waals surface area contributed by atoms with Gasteiger partial charge in [-0.2, -0.15) is 0 Å². The molecule has 6 heavy (non-hydrogen) atoms. The topological polar surface area (TPSA) is 0 Å². The second kappa shape index (κ2) is 8.91. The summed E-state index contributed by atoms with van der Waals surface area (Å²) < 4.78 is 0. The van der Waals surface area contributed by atoms with E-state index < -0.39 is 0 Å². The van der Waals surface area contributed by atoms with Crippen molar-refractivity contribution < 1.29 is 18.6 Å². The molecule has 0 nitrogen and oxygen atoms in total. The quantitative estimate of drug-likeness (QED) is 0.461. The minimum atomic E-state index is 0. The summed E-state index contributed by atoms with van der Waals surface area (Å²) in [5.41, 5.74) is 0. The van der Waals surface area contributed by atoms with Crippen molar-refractivity contribution in [1.82, 2.24) is 0 Å². The Labute approximate surface area is 50.8 Å². The molecular formula is C5H8V. The molecule has 0 fully saturated rings. The summed E-state index contributed by atoms with van der Waals surface area (Å²) in [5.74, 6) is 0. The van der Waals surface area contributed by atoms with Crippen LogP contribution in [-0.4, -0.2) is 0 Å². The minimum Gasteiger partial charge on any atom is -0.0991 e. The maximum atomic E-state index is 3.46. The molecule has 0 heterocycles. The molecule has 0 aliphatic carbocycles. The summed E-state index contributed by atoms with van der Waals surface area (Å²) in [6, 6.07) is 0. The molecule has 0 spiro atoms. The van der Waals surface area contributed by atoms with Crippen molar-refractivity contribution in [1.29, 1.82) is 0 Å². The summed E-state index contributed by atoms with van der Waals surface area (Å²) in [4.78, 5) is 0. The fourth-order valence-electron chi connectivity index (χ4n) is 0.136. The standard InChI is InChI=1S/C5H8.V/c1-3-5-4-2;/h3-5H,1H2,2H3;. The normalized spacial score (nSPS) is 7.50. The molecule has 0 amide bonds. The van der Waals surface area contributed by atoms with Crippen molar-refractivity contribution in [3.05, 3.63) is 24.8 Å². The Morgan fingerprint density at radius 3 is 2.00 bits per heavy atom. The van der Waals surface area contributed by atoms with Gasteiger partial charge in [-0.15, -0.1) is 0 Å². The van der Waals surface area contributed by atoms with Gasteiger partial charge >= 0.3 is 0 Å². The van der Waals surface area contributed by atoms with E-state index in [2.05, 4.69) is 6.58 Å². The molecule has 1 heteroatoms. The molecule has 0 atom stereocenters. The van der Waals surface area contributed by atoms with Crippen LogP contribution in [0.3, 0.4) is 0 Å². The van der Waals surface area contributed by atoms with Crippen molar-refractivity contribution in [3.8, 4) is 0 Å². The Balaban J connectivity index is 0. The molecule has 0 saturated heterocycles. The van der Waals surface area contributed by atoms with Crippen molar-refractivity contribution >= 4 is 0 Å². The maximum absolute atomic E-state index is 3.46. The molecule has 0 saturated carbocycles. The van der Waals surface area contributed by atoms with Gasteiger partial charge in [-0.1, -0.05) is 24.8 Å². The average Bonchev–Trinajstić information content (AvgIpc) is 1.41. The summed E-state index contributed by atoms with van der Waals surface area (Å²) >= 11 is 0. The molecule has 0 aromatic carbocycles. The summed E-state index contributed by atoms with van der Waals surface area (Å²) in [7, 11) is 0. The predicted molar refractivity (Wildman–Crippen MR) is 25.0 cm³/mol. The third kappa shape index (κ3) is 8.96. The van der Waals surface area contributed by atoms with Crippen molar-refractivity contribution in [3.63, 3.8) is 0 Å². The van der Waals surface area contributed by atoms with Crippen molar-refractivity contribution in [2.75, 3.05) is 0 Å². The van der Waals surface area contributed by atoms with Gasteiger partial charge in [0.05, 0.1) is 0 Å². The Morgan fingerprint density at radius 1 is 1.50 bits per heavy atom. The Bertz CT molecular complexity index is 45.9. The number of rotatable bonds is 1. The average molecular weight is 119 g/mol. The zero-order valence-corrected chi connectivity index (χ0v) is 5.28. The van der Waals surface area contributed by atoms with E-state index in [9.17, 15) is 0 Å². The van der Waals surface area contributed by atoms with Gasteiger partial charge in [-0.25, -0.2) is 0 Å². The molecular weight excluding hydrogens is 111 g/mol. The molecule has 0 aromatic rings. The van der Waals surface area contributed by atoms with Crippen LogP contribution >= 0.6 is 0 Å². The monoisotopic (exact) mass is 119 g/mol. The van der Waals surface area contributed by atoms with E-state index in [1.807, 2.05) is 19.1 Å². The SMILES string of the molecule is C=CC=CC.[V]. The van der Waals surface area contributed by atoms with Gasteiger partial charge in [0.1, 0.15) is 0 Å². The van der Waals surface area contributed by atoms with E-state index in [1.165, 1.54) is 0 Å². The first-order chi connectivity index (χ1) is 2.41. The largest absolute Gasteiger partial charge is 0.0991 e. The molecule has 0 aliphatic rings. The van der Waals surface area contributed by atoms with Crippen LogP contribution in [0.5, 0.6) is 0 Å². The molecule has 0 unspecified atom stereocenters. The van der Waals surface area contributed by atoms with Crippen LogP contribution in [0, 0.1) is 0 Å². The fourth-order valence-corrected chi connectivity index (χ4v) is 0.136. The Hall–Kier alpha value is 0.0644. The maximum Gasteiger partial charge on any atom is 0 e. The second-order valence-corrected chi connectivity index (χ2v) is 0.761. The van der Waals surface area contributed by atoms with Crippen LogP contribution in [0.25, 0.3) is 0 Å². The summed E-state index contributed by atoms with van der Waals surface area (Å²) in [6.45, 7) is 5.42. The van der Waals surface area contributed by atoms with Crippen molar-refractivity contribution in [2.24, 2.45) is 0 Å². The number of hydrogen-bond acceptors (Lipinski definition) is 0. The molecule has 0 bridgehead atoms. The van der Waals surface area contributed by atoms with Gasteiger partial charge in [-0.05, 0) is 6.92 Å². The van der Waals surface area contributed by atoms with E-state index in [0.29, 0.717) is 0 Å². The molecule has 0 aliphatic heterocycles. The van der Waals surface area contributed by atoms with E-state index in [4.69, 9.17) is 0 Å². The van der Waals surface area contributed by atoms with Gasteiger partial charge in [0.25, 0.3) is 0 Å². The predicted octanol–water partition coefficient (Wildman–Crippen LogP) is 1.75. The van der Waals surface area contributed by atoms with Gasteiger partial charge in [0, 0.05) is 18.6 Å². The Morgan fingerprint density at radius 2 is 2.00 bits per heavy atom. The molecule has 0 rings (SSSR count). The van der Waals surface area contributed by atoms with E-state index >= 15 is 0 Å². The van der Waals surface area contributed by atoms with Crippen LogP contribution in [0.15, 0.2) is 24.8 Å². The van der Waals surface area contributed by atoms with Crippen LogP contribution in [0.1, 0.15) is 6.92 Å². The van der Waals surface area contributed by atoms with Crippen LogP contribution in [0.4, 0.5) is 0 Å². The fraction of sp³-hybridized carbons (Fsp3) is 0.200. The first kappa shape index (κ1) is 9.42. The van der Waals surface area contributed by atoms with Gasteiger partial charge < -0.3 is 0 Å².